The Kier molecular flexibility index (Phi) is 3.62. The summed E-state index contributed by atoms with van der Waals surface area (Å²) in [5, 5.41) is 20.1. The molecule has 11 nitrogen and oxygen atoms in total. The molecule has 118 valence electrons. The van der Waals surface area contributed by atoms with Crippen molar-refractivity contribution in [1.82, 2.24) is 25.0 Å². The van der Waals surface area contributed by atoms with E-state index < -0.39 is 30.4 Å². The predicted molar refractivity (Wildman–Crippen MR) is 70.8 cm³/mol. The van der Waals surface area contributed by atoms with E-state index in [-0.39, 0.29) is 5.82 Å². The third kappa shape index (κ3) is 2.16. The Morgan fingerprint density at radius 2 is 2.18 bits per heavy atom. The van der Waals surface area contributed by atoms with Gasteiger partial charge in [0.15, 0.2) is 23.8 Å². The van der Waals surface area contributed by atoms with Crippen LogP contribution in [-0.2, 0) is 14.4 Å². The van der Waals surface area contributed by atoms with Gasteiger partial charge in [-0.25, -0.2) is 20.4 Å². The number of aliphatic hydroxyl groups excluding tert-OH is 2. The summed E-state index contributed by atoms with van der Waals surface area (Å²) in [6, 6.07) is 0. The van der Waals surface area contributed by atoms with Crippen LogP contribution >= 0.6 is 0 Å². The van der Waals surface area contributed by atoms with Gasteiger partial charge in [0.05, 0.1) is 13.4 Å². The number of fused-ring (bicyclic) bond motifs is 1. The Morgan fingerprint density at radius 1 is 1.41 bits per heavy atom. The van der Waals surface area contributed by atoms with Gasteiger partial charge in [0.1, 0.15) is 24.1 Å². The minimum atomic E-state index is -1.43. The molecule has 1 unspecified atom stereocenters. The van der Waals surface area contributed by atoms with Crippen molar-refractivity contribution in [2.75, 3.05) is 12.8 Å². The minimum Gasteiger partial charge on any atom is -0.387 e. The molecule has 2 aromatic rings. The number of ether oxygens (including phenoxy) is 1. The molecular weight excluding hydrogens is 296 g/mol. The van der Waals surface area contributed by atoms with Crippen molar-refractivity contribution in [3.05, 3.63) is 12.7 Å². The first-order chi connectivity index (χ1) is 10.5. The molecule has 2 aromatic heterocycles. The summed E-state index contributed by atoms with van der Waals surface area (Å²) in [6.45, 7) is 0. The first-order valence-corrected chi connectivity index (χ1v) is 6.32. The highest BCUT2D eigenvalue weighted by molar-refractivity contribution is 5.82. The number of aromatic nitrogens is 4. The molecule has 22 heavy (non-hydrogen) atoms. The number of hydroxylamine groups is 1. The molecule has 3 rings (SSSR count). The van der Waals surface area contributed by atoms with Crippen molar-refractivity contribution in [3.63, 3.8) is 0 Å². The fourth-order valence-corrected chi connectivity index (χ4v) is 2.32. The number of carbonyl (C=O) groups excluding carboxylic acids is 1. The van der Waals surface area contributed by atoms with Crippen LogP contribution < -0.4 is 11.2 Å². The van der Waals surface area contributed by atoms with E-state index in [2.05, 4.69) is 19.8 Å². The fraction of sp³-hybridized carbons (Fsp3) is 0.455. The van der Waals surface area contributed by atoms with Gasteiger partial charge in [0, 0.05) is 0 Å². The summed E-state index contributed by atoms with van der Waals surface area (Å²) in [6.07, 6.45) is -2.56. The number of rotatable bonds is 3. The molecule has 0 aromatic carbocycles. The van der Waals surface area contributed by atoms with Gasteiger partial charge in [-0.2, -0.15) is 0 Å². The van der Waals surface area contributed by atoms with Crippen LogP contribution in [0.15, 0.2) is 12.7 Å². The van der Waals surface area contributed by atoms with E-state index in [0.717, 1.165) is 0 Å². The zero-order chi connectivity index (χ0) is 15.9. The Balaban J connectivity index is 1.94. The standard InChI is InChI=1S/C11H14N6O5/c1-21-16-10(20)7-5(18)6(19)11(22-7)17-3-15-4-8(12)13-2-14-9(4)17/h2-3,5-7,11,18-19H,1H3,(H,16,20)(H2,12,13,14)/t5-,6+,7-,11?/m0/s1. The number of hydrogen-bond acceptors (Lipinski definition) is 9. The van der Waals surface area contributed by atoms with Crippen LogP contribution in [0.3, 0.4) is 0 Å². The van der Waals surface area contributed by atoms with Crippen LogP contribution in [0.2, 0.25) is 0 Å². The molecule has 4 atom stereocenters. The SMILES string of the molecule is CONC(=O)[C@H]1OC(n2cnc3c(N)ncnc32)[C@H](O)[C@@H]1O. The molecule has 11 heteroatoms. The van der Waals surface area contributed by atoms with Gasteiger partial charge in [-0.05, 0) is 0 Å². The van der Waals surface area contributed by atoms with E-state index in [1.807, 2.05) is 5.48 Å². The third-order valence-corrected chi connectivity index (χ3v) is 3.36. The molecule has 0 saturated carbocycles. The highest BCUT2D eigenvalue weighted by atomic mass is 16.6. The quantitative estimate of drug-likeness (QED) is 0.458. The number of aliphatic hydroxyl groups is 2. The average molecular weight is 310 g/mol. The molecule has 1 fully saturated rings. The van der Waals surface area contributed by atoms with Gasteiger partial charge in [0.25, 0.3) is 5.91 Å². The highest BCUT2D eigenvalue weighted by Gasteiger charge is 2.47. The molecule has 1 amide bonds. The number of imidazole rings is 1. The Bertz CT molecular complexity index is 705. The van der Waals surface area contributed by atoms with Crippen LogP contribution in [0.4, 0.5) is 5.82 Å². The molecule has 0 radical (unpaired) electrons. The van der Waals surface area contributed by atoms with Crippen LogP contribution in [0, 0.1) is 0 Å². The van der Waals surface area contributed by atoms with Gasteiger partial charge in [-0.1, -0.05) is 0 Å². The van der Waals surface area contributed by atoms with E-state index in [1.54, 1.807) is 0 Å². The van der Waals surface area contributed by atoms with Gasteiger partial charge in [-0.15, -0.1) is 0 Å². The van der Waals surface area contributed by atoms with Crippen LogP contribution in [0.5, 0.6) is 0 Å². The number of nitrogens with two attached hydrogens (primary N) is 1. The van der Waals surface area contributed by atoms with Crippen molar-refractivity contribution in [3.8, 4) is 0 Å². The third-order valence-electron chi connectivity index (χ3n) is 3.36. The lowest BCUT2D eigenvalue weighted by Crippen LogP contribution is -2.42. The van der Waals surface area contributed by atoms with E-state index in [9.17, 15) is 15.0 Å². The molecule has 0 spiro atoms. The summed E-state index contributed by atoms with van der Waals surface area (Å²) in [5.74, 6) is -0.541. The zero-order valence-corrected chi connectivity index (χ0v) is 11.4. The highest BCUT2D eigenvalue weighted by Crippen LogP contribution is 2.31. The summed E-state index contributed by atoms with van der Waals surface area (Å²) >= 11 is 0. The van der Waals surface area contributed by atoms with Crippen molar-refractivity contribution < 1.29 is 24.6 Å². The monoisotopic (exact) mass is 310 g/mol. The molecule has 0 bridgehead atoms. The molecule has 1 saturated heterocycles. The molecule has 5 N–H and O–H groups in total. The molecule has 1 aliphatic heterocycles. The molecule has 1 aliphatic rings. The number of nitrogens with zero attached hydrogens (tertiary/aromatic N) is 4. The van der Waals surface area contributed by atoms with E-state index >= 15 is 0 Å². The van der Waals surface area contributed by atoms with Crippen LogP contribution in [0.25, 0.3) is 11.2 Å². The second-order valence-corrected chi connectivity index (χ2v) is 4.68. The summed E-state index contributed by atoms with van der Waals surface area (Å²) in [4.78, 5) is 28.1. The first kappa shape index (κ1) is 14.6. The second-order valence-electron chi connectivity index (χ2n) is 4.68. The van der Waals surface area contributed by atoms with Crippen molar-refractivity contribution in [2.24, 2.45) is 0 Å². The number of carbonyl (C=O) groups is 1. The Labute approximate surface area is 123 Å². The second kappa shape index (κ2) is 5.46. The molecular formula is C11H14N6O5. The summed E-state index contributed by atoms with van der Waals surface area (Å²) < 4.78 is 6.80. The van der Waals surface area contributed by atoms with Gasteiger partial charge in [0.2, 0.25) is 0 Å². The van der Waals surface area contributed by atoms with Crippen LogP contribution in [-0.4, -0.2) is 61.1 Å². The number of nitrogen functional groups attached to an aromatic ring is 1. The van der Waals surface area contributed by atoms with Crippen molar-refractivity contribution in [2.45, 2.75) is 24.5 Å². The van der Waals surface area contributed by atoms with Gasteiger partial charge in [-0.3, -0.25) is 14.2 Å². The normalized spacial score (nSPS) is 28.1. The molecule has 3 heterocycles. The van der Waals surface area contributed by atoms with Crippen molar-refractivity contribution in [1.29, 1.82) is 0 Å². The molecule has 0 aliphatic carbocycles. The predicted octanol–water partition coefficient (Wildman–Crippen LogP) is -2.29. The fourth-order valence-electron chi connectivity index (χ4n) is 2.32. The average Bonchev–Trinajstić information content (AvgIpc) is 3.03. The number of anilines is 1. The zero-order valence-electron chi connectivity index (χ0n) is 11.4. The lowest BCUT2D eigenvalue weighted by atomic mass is 10.1. The number of hydrogen-bond donors (Lipinski definition) is 4. The largest absolute Gasteiger partial charge is 0.387 e. The number of amides is 1. The number of nitrogens with one attached hydrogen (secondary N) is 1. The maximum Gasteiger partial charge on any atom is 0.275 e. The van der Waals surface area contributed by atoms with Gasteiger partial charge < -0.3 is 20.7 Å². The van der Waals surface area contributed by atoms with Crippen LogP contribution in [0.1, 0.15) is 6.23 Å². The maximum absolute atomic E-state index is 11.7. The first-order valence-electron chi connectivity index (χ1n) is 6.32. The minimum absolute atomic E-state index is 0.172. The van der Waals surface area contributed by atoms with E-state index in [1.165, 1.54) is 24.3 Å². The van der Waals surface area contributed by atoms with E-state index in [0.29, 0.717) is 11.2 Å². The lowest BCUT2D eigenvalue weighted by molar-refractivity contribution is -0.148. The topological polar surface area (TPSA) is 158 Å². The summed E-state index contributed by atoms with van der Waals surface area (Å²) in [5.41, 5.74) is 8.38. The smallest absolute Gasteiger partial charge is 0.275 e. The van der Waals surface area contributed by atoms with Crippen molar-refractivity contribution >= 4 is 22.9 Å². The maximum atomic E-state index is 11.7. The lowest BCUT2D eigenvalue weighted by Gasteiger charge is -2.16. The Hall–Kier alpha value is -2.34. The summed E-state index contributed by atoms with van der Waals surface area (Å²) in [7, 11) is 1.25. The van der Waals surface area contributed by atoms with E-state index in [4.69, 9.17) is 10.5 Å². The van der Waals surface area contributed by atoms with Gasteiger partial charge >= 0.3 is 0 Å². The Morgan fingerprint density at radius 3 is 2.91 bits per heavy atom.